The van der Waals surface area contributed by atoms with Crippen LogP contribution in [0.1, 0.15) is 17.5 Å². The van der Waals surface area contributed by atoms with E-state index in [9.17, 15) is 0 Å². The summed E-state index contributed by atoms with van der Waals surface area (Å²) < 4.78 is 11.2. The van der Waals surface area contributed by atoms with Gasteiger partial charge in [0.1, 0.15) is 0 Å². The maximum atomic E-state index is 6.09. The highest BCUT2D eigenvalue weighted by atomic mass is 16.5. The summed E-state index contributed by atoms with van der Waals surface area (Å²) in [5, 5.41) is 0. The van der Waals surface area contributed by atoms with Crippen LogP contribution in [0, 0.1) is 0 Å². The molecule has 0 unspecified atom stereocenters. The molecular formula is C19H25N3O2. The SMILES string of the molecule is COCCO[C@H]1CCN(Cc2cccnc2)[C@H]1Cc1cccnc1. The first-order chi connectivity index (χ1) is 11.9. The van der Waals surface area contributed by atoms with Gasteiger partial charge >= 0.3 is 0 Å². The van der Waals surface area contributed by atoms with Crippen LogP contribution in [0.25, 0.3) is 0 Å². The van der Waals surface area contributed by atoms with Crippen molar-refractivity contribution in [3.05, 3.63) is 60.2 Å². The predicted molar refractivity (Wildman–Crippen MR) is 92.6 cm³/mol. The van der Waals surface area contributed by atoms with E-state index < -0.39 is 0 Å². The molecule has 3 heterocycles. The molecule has 1 aliphatic rings. The van der Waals surface area contributed by atoms with E-state index in [1.54, 1.807) is 7.11 Å². The van der Waals surface area contributed by atoms with Gasteiger partial charge in [-0.1, -0.05) is 12.1 Å². The van der Waals surface area contributed by atoms with Crippen LogP contribution in [0.3, 0.4) is 0 Å². The lowest BCUT2D eigenvalue weighted by atomic mass is 10.0. The molecule has 1 aliphatic heterocycles. The van der Waals surface area contributed by atoms with Crippen LogP contribution in [-0.4, -0.2) is 53.9 Å². The Morgan fingerprint density at radius 2 is 1.83 bits per heavy atom. The third-order valence-corrected chi connectivity index (χ3v) is 4.49. The van der Waals surface area contributed by atoms with Crippen LogP contribution >= 0.6 is 0 Å². The summed E-state index contributed by atoms with van der Waals surface area (Å²) in [6, 6.07) is 8.61. The number of methoxy groups -OCH3 is 1. The maximum absolute atomic E-state index is 6.09. The molecule has 128 valence electrons. The normalized spacial score (nSPS) is 21.2. The van der Waals surface area contributed by atoms with Gasteiger partial charge in [-0.25, -0.2) is 0 Å². The molecule has 0 amide bonds. The van der Waals surface area contributed by atoms with Gasteiger partial charge in [-0.05, 0) is 36.1 Å². The van der Waals surface area contributed by atoms with Crippen molar-refractivity contribution in [2.24, 2.45) is 0 Å². The summed E-state index contributed by atoms with van der Waals surface area (Å²) in [5.74, 6) is 0. The first-order valence-electron chi connectivity index (χ1n) is 8.49. The maximum Gasteiger partial charge on any atom is 0.0746 e. The third-order valence-electron chi connectivity index (χ3n) is 4.49. The summed E-state index contributed by atoms with van der Waals surface area (Å²) in [5.41, 5.74) is 2.49. The fraction of sp³-hybridized carbons (Fsp3) is 0.474. The molecule has 0 aromatic carbocycles. The van der Waals surface area contributed by atoms with E-state index in [-0.39, 0.29) is 6.10 Å². The van der Waals surface area contributed by atoms with Gasteiger partial charge in [-0.2, -0.15) is 0 Å². The second-order valence-corrected chi connectivity index (χ2v) is 6.16. The highest BCUT2D eigenvalue weighted by Gasteiger charge is 2.34. The van der Waals surface area contributed by atoms with Crippen molar-refractivity contribution < 1.29 is 9.47 Å². The lowest BCUT2D eigenvalue weighted by Crippen LogP contribution is -2.38. The third kappa shape index (κ3) is 4.60. The molecule has 5 nitrogen and oxygen atoms in total. The number of ether oxygens (including phenoxy) is 2. The van der Waals surface area contributed by atoms with Crippen LogP contribution in [-0.2, 0) is 22.4 Å². The molecule has 0 N–H and O–H groups in total. The zero-order chi connectivity index (χ0) is 16.6. The van der Waals surface area contributed by atoms with Gasteiger partial charge in [0, 0.05) is 51.0 Å². The van der Waals surface area contributed by atoms with Crippen LogP contribution in [0.15, 0.2) is 49.1 Å². The first-order valence-corrected chi connectivity index (χ1v) is 8.49. The van der Waals surface area contributed by atoms with Crippen molar-refractivity contribution >= 4 is 0 Å². The molecule has 3 rings (SSSR count). The Kier molecular flexibility index (Phi) is 6.29. The Balaban J connectivity index is 1.69. The number of aromatic nitrogens is 2. The molecule has 0 radical (unpaired) electrons. The second-order valence-electron chi connectivity index (χ2n) is 6.16. The molecule has 24 heavy (non-hydrogen) atoms. The fourth-order valence-corrected chi connectivity index (χ4v) is 3.31. The van der Waals surface area contributed by atoms with E-state index in [1.165, 1.54) is 11.1 Å². The van der Waals surface area contributed by atoms with Crippen molar-refractivity contribution in [3.8, 4) is 0 Å². The fourth-order valence-electron chi connectivity index (χ4n) is 3.31. The van der Waals surface area contributed by atoms with Gasteiger partial charge in [0.2, 0.25) is 0 Å². The molecule has 0 saturated carbocycles. The van der Waals surface area contributed by atoms with E-state index in [4.69, 9.17) is 9.47 Å². The van der Waals surface area contributed by atoms with Gasteiger partial charge in [-0.3, -0.25) is 14.9 Å². The van der Waals surface area contributed by atoms with Crippen molar-refractivity contribution in [1.82, 2.24) is 14.9 Å². The summed E-state index contributed by atoms with van der Waals surface area (Å²) in [6.07, 6.45) is 9.76. The molecule has 1 saturated heterocycles. The molecule has 0 spiro atoms. The summed E-state index contributed by atoms with van der Waals surface area (Å²) in [4.78, 5) is 11.0. The lowest BCUT2D eigenvalue weighted by Gasteiger charge is -2.28. The number of rotatable bonds is 8. The van der Waals surface area contributed by atoms with Crippen molar-refractivity contribution in [2.45, 2.75) is 31.5 Å². The predicted octanol–water partition coefficient (Wildman–Crippen LogP) is 2.33. The van der Waals surface area contributed by atoms with Gasteiger partial charge in [0.25, 0.3) is 0 Å². The molecule has 2 aromatic heterocycles. The first kappa shape index (κ1) is 17.0. The number of hydrogen-bond acceptors (Lipinski definition) is 5. The lowest BCUT2D eigenvalue weighted by molar-refractivity contribution is -0.00133. The molecule has 2 aromatic rings. The van der Waals surface area contributed by atoms with Crippen LogP contribution < -0.4 is 0 Å². The Morgan fingerprint density at radius 3 is 2.50 bits per heavy atom. The largest absolute Gasteiger partial charge is 0.382 e. The molecule has 1 fully saturated rings. The molecule has 0 aliphatic carbocycles. The zero-order valence-corrected chi connectivity index (χ0v) is 14.2. The number of pyridine rings is 2. The smallest absolute Gasteiger partial charge is 0.0746 e. The number of hydrogen-bond donors (Lipinski definition) is 0. The Labute approximate surface area is 143 Å². The highest BCUT2D eigenvalue weighted by Crippen LogP contribution is 2.26. The van der Waals surface area contributed by atoms with Gasteiger partial charge in [0.05, 0.1) is 19.3 Å². The van der Waals surface area contributed by atoms with Gasteiger partial charge in [-0.15, -0.1) is 0 Å². The minimum absolute atomic E-state index is 0.233. The van der Waals surface area contributed by atoms with Crippen LogP contribution in [0.4, 0.5) is 0 Å². The van der Waals surface area contributed by atoms with Crippen LogP contribution in [0.2, 0.25) is 0 Å². The van der Waals surface area contributed by atoms with Crippen LogP contribution in [0.5, 0.6) is 0 Å². The zero-order valence-electron chi connectivity index (χ0n) is 14.2. The van der Waals surface area contributed by atoms with E-state index >= 15 is 0 Å². The van der Waals surface area contributed by atoms with Crippen molar-refractivity contribution in [1.29, 1.82) is 0 Å². The van der Waals surface area contributed by atoms with E-state index in [0.717, 1.165) is 25.9 Å². The standard InChI is InChI=1S/C19H25N3O2/c1-23-10-11-24-19-6-9-22(15-17-5-3-8-21-14-17)18(19)12-16-4-2-7-20-13-16/h2-5,7-8,13-14,18-19H,6,9-12,15H2,1H3/t18-,19-/m0/s1. The molecule has 2 atom stereocenters. The summed E-state index contributed by atoms with van der Waals surface area (Å²) >= 11 is 0. The Bertz CT molecular complexity index is 594. The minimum atomic E-state index is 0.233. The van der Waals surface area contributed by atoms with Gasteiger partial charge in [0.15, 0.2) is 0 Å². The number of nitrogens with zero attached hydrogens (tertiary/aromatic N) is 3. The summed E-state index contributed by atoms with van der Waals surface area (Å²) in [6.45, 7) is 3.23. The molecular weight excluding hydrogens is 302 g/mol. The average molecular weight is 327 g/mol. The Hall–Kier alpha value is -1.82. The average Bonchev–Trinajstić information content (AvgIpc) is 2.99. The van der Waals surface area contributed by atoms with E-state index in [1.807, 2.05) is 36.9 Å². The quantitative estimate of drug-likeness (QED) is 0.697. The topological polar surface area (TPSA) is 47.5 Å². The number of likely N-dealkylation sites (tertiary alicyclic amines) is 1. The van der Waals surface area contributed by atoms with Crippen molar-refractivity contribution in [3.63, 3.8) is 0 Å². The highest BCUT2D eigenvalue weighted by molar-refractivity contribution is 5.14. The Morgan fingerprint density at radius 1 is 1.08 bits per heavy atom. The van der Waals surface area contributed by atoms with E-state index in [2.05, 4.69) is 27.0 Å². The van der Waals surface area contributed by atoms with Crippen molar-refractivity contribution in [2.75, 3.05) is 26.9 Å². The molecule has 0 bridgehead atoms. The van der Waals surface area contributed by atoms with Gasteiger partial charge < -0.3 is 9.47 Å². The van der Waals surface area contributed by atoms with E-state index in [0.29, 0.717) is 19.3 Å². The summed E-state index contributed by atoms with van der Waals surface area (Å²) in [7, 11) is 1.71. The minimum Gasteiger partial charge on any atom is -0.382 e. The monoisotopic (exact) mass is 327 g/mol. The molecule has 5 heteroatoms. The second kappa shape index (κ2) is 8.87.